The topological polar surface area (TPSA) is 149 Å². The number of aliphatic hydroxyl groups is 5. The van der Waals surface area contributed by atoms with Crippen LogP contribution in [-0.2, 0) is 14.3 Å². The third-order valence-electron chi connectivity index (χ3n) is 20.4. The van der Waals surface area contributed by atoms with Gasteiger partial charge in [-0.3, -0.25) is 4.79 Å². The fraction of sp³-hybridized carbons (Fsp3) is 0.963. The molecule has 0 aromatic carbocycles. The highest BCUT2D eigenvalue weighted by Gasteiger charge is 2.44. The molecule has 0 radical (unpaired) electrons. The molecular formula is C82H161NO8. The minimum absolute atomic E-state index is 0.165. The van der Waals surface area contributed by atoms with E-state index in [-0.39, 0.29) is 12.5 Å². The molecule has 9 heteroatoms. The van der Waals surface area contributed by atoms with Gasteiger partial charge in [0.25, 0.3) is 0 Å². The molecule has 1 heterocycles. The van der Waals surface area contributed by atoms with Crippen molar-refractivity contribution in [2.45, 2.75) is 493 Å². The molecule has 6 N–H and O–H groups in total. The molecule has 9 nitrogen and oxygen atoms in total. The van der Waals surface area contributed by atoms with Crippen molar-refractivity contribution in [3.05, 3.63) is 12.2 Å². The van der Waals surface area contributed by atoms with E-state index in [9.17, 15) is 30.3 Å². The summed E-state index contributed by atoms with van der Waals surface area (Å²) in [7, 11) is 0. The van der Waals surface area contributed by atoms with Crippen LogP contribution < -0.4 is 5.32 Å². The first kappa shape index (κ1) is 87.9. The highest BCUT2D eigenvalue weighted by molar-refractivity contribution is 5.76. The molecule has 542 valence electrons. The third-order valence-corrected chi connectivity index (χ3v) is 20.4. The molecule has 1 aliphatic rings. The first-order valence-corrected chi connectivity index (χ1v) is 41.4. The Morgan fingerprint density at radius 1 is 0.363 bits per heavy atom. The predicted octanol–water partition coefficient (Wildman–Crippen LogP) is 23.8. The van der Waals surface area contributed by atoms with Crippen LogP contribution in [0.3, 0.4) is 0 Å². The average Bonchev–Trinajstić information content (AvgIpc) is 1.46. The number of amides is 1. The molecule has 91 heavy (non-hydrogen) atoms. The second kappa shape index (κ2) is 71.7. The Morgan fingerprint density at radius 3 is 0.857 bits per heavy atom. The Balaban J connectivity index is 2.04. The van der Waals surface area contributed by atoms with Crippen LogP contribution in [0.2, 0.25) is 0 Å². The molecule has 1 rings (SSSR count). The molecular weight excluding hydrogens is 1130 g/mol. The van der Waals surface area contributed by atoms with Crippen LogP contribution in [-0.4, -0.2) is 87.5 Å². The normalized spacial score (nSPS) is 17.6. The van der Waals surface area contributed by atoms with Crippen LogP contribution in [0.25, 0.3) is 0 Å². The van der Waals surface area contributed by atoms with Crippen LogP contribution >= 0.6 is 0 Å². The summed E-state index contributed by atoms with van der Waals surface area (Å²) in [6.45, 7) is 3.86. The van der Waals surface area contributed by atoms with E-state index in [1.165, 1.54) is 392 Å². The molecule has 0 aromatic heterocycles. The van der Waals surface area contributed by atoms with Crippen molar-refractivity contribution in [3.63, 3.8) is 0 Å². The maximum absolute atomic E-state index is 13.2. The van der Waals surface area contributed by atoms with Gasteiger partial charge in [-0.2, -0.15) is 0 Å². The monoisotopic (exact) mass is 1290 g/mol. The van der Waals surface area contributed by atoms with Crippen molar-refractivity contribution < 1.29 is 39.8 Å². The van der Waals surface area contributed by atoms with Crippen molar-refractivity contribution in [1.82, 2.24) is 5.32 Å². The smallest absolute Gasteiger partial charge is 0.220 e. The molecule has 0 aliphatic carbocycles. The van der Waals surface area contributed by atoms with Gasteiger partial charge in [0, 0.05) is 6.42 Å². The summed E-state index contributed by atoms with van der Waals surface area (Å²) in [5, 5.41) is 55.0. The second-order valence-electron chi connectivity index (χ2n) is 29.3. The van der Waals surface area contributed by atoms with Crippen LogP contribution in [0.15, 0.2) is 12.2 Å². The summed E-state index contributed by atoms with van der Waals surface area (Å²) >= 11 is 0. The van der Waals surface area contributed by atoms with E-state index in [4.69, 9.17) is 9.47 Å². The Kier molecular flexibility index (Phi) is 69.3. The molecule has 1 saturated heterocycles. The summed E-state index contributed by atoms with van der Waals surface area (Å²) in [6, 6.07) is -0.803. The van der Waals surface area contributed by atoms with Crippen molar-refractivity contribution in [2.75, 3.05) is 13.2 Å². The number of carbonyl (C=O) groups excluding carboxylic acids is 1. The van der Waals surface area contributed by atoms with Gasteiger partial charge in [0.15, 0.2) is 6.29 Å². The predicted molar refractivity (Wildman–Crippen MR) is 392 cm³/mol. The standard InChI is InChI=1S/C82H161NO8/c1-3-5-7-9-11-13-15-17-19-21-23-25-27-29-31-33-35-37-38-39-40-42-44-46-48-50-52-54-56-58-60-62-64-66-68-70-72-78(86)83-75(74-90-82-81(89)80(88)79(87)77(73-84)91-82)76(85)71-69-67-65-63-61-59-57-55-53-51-49-47-45-43-41-36-34-32-30-28-26-24-22-20-18-16-14-12-10-8-6-4-2/h69,71,75-77,79-82,84-85,87-89H,3-68,70,72-74H2,1-2H3,(H,83,86)/b71-69+. The fourth-order valence-corrected chi connectivity index (χ4v) is 13.9. The minimum atomic E-state index is -1.57. The molecule has 0 saturated carbocycles. The minimum Gasteiger partial charge on any atom is -0.394 e. The summed E-state index contributed by atoms with van der Waals surface area (Å²) in [6.07, 6.45) is 88.1. The van der Waals surface area contributed by atoms with Gasteiger partial charge in [0.1, 0.15) is 24.4 Å². The average molecular weight is 1290 g/mol. The summed E-state index contributed by atoms with van der Waals surface area (Å²) < 4.78 is 11.4. The molecule has 0 spiro atoms. The van der Waals surface area contributed by atoms with E-state index < -0.39 is 49.5 Å². The van der Waals surface area contributed by atoms with Crippen LogP contribution in [0.1, 0.15) is 450 Å². The lowest BCUT2D eigenvalue weighted by Crippen LogP contribution is -2.60. The zero-order chi connectivity index (χ0) is 65.7. The number of allylic oxidation sites excluding steroid dienone is 1. The van der Waals surface area contributed by atoms with Gasteiger partial charge < -0.3 is 40.3 Å². The second-order valence-corrected chi connectivity index (χ2v) is 29.3. The van der Waals surface area contributed by atoms with Crippen molar-refractivity contribution in [2.24, 2.45) is 0 Å². The Morgan fingerprint density at radius 2 is 0.604 bits per heavy atom. The highest BCUT2D eigenvalue weighted by atomic mass is 16.7. The lowest BCUT2D eigenvalue weighted by atomic mass is 9.99. The molecule has 1 fully saturated rings. The van der Waals surface area contributed by atoms with E-state index >= 15 is 0 Å². The maximum atomic E-state index is 13.2. The van der Waals surface area contributed by atoms with Crippen molar-refractivity contribution in [1.29, 1.82) is 0 Å². The molecule has 1 aliphatic heterocycles. The zero-order valence-corrected chi connectivity index (χ0v) is 61.2. The molecule has 1 amide bonds. The van der Waals surface area contributed by atoms with Gasteiger partial charge in [-0.15, -0.1) is 0 Å². The first-order chi connectivity index (χ1) is 44.8. The number of aliphatic hydroxyl groups excluding tert-OH is 5. The largest absolute Gasteiger partial charge is 0.394 e. The number of unbranched alkanes of at least 4 members (excludes halogenated alkanes) is 65. The van der Waals surface area contributed by atoms with Gasteiger partial charge in [-0.05, 0) is 19.3 Å². The van der Waals surface area contributed by atoms with E-state index in [2.05, 4.69) is 19.2 Å². The van der Waals surface area contributed by atoms with Gasteiger partial charge in [-0.1, -0.05) is 437 Å². The number of rotatable bonds is 75. The maximum Gasteiger partial charge on any atom is 0.220 e. The number of ether oxygens (including phenoxy) is 2. The summed E-state index contributed by atoms with van der Waals surface area (Å²) in [5.74, 6) is -0.165. The number of carbonyl (C=O) groups is 1. The number of nitrogens with one attached hydrogen (secondary N) is 1. The zero-order valence-electron chi connectivity index (χ0n) is 61.2. The quantitative estimate of drug-likeness (QED) is 0.0261. The first-order valence-electron chi connectivity index (χ1n) is 41.4. The van der Waals surface area contributed by atoms with Gasteiger partial charge in [0.2, 0.25) is 5.91 Å². The Hall–Kier alpha value is -1.07. The number of hydrogen-bond acceptors (Lipinski definition) is 8. The molecule has 0 aromatic rings. The summed E-state index contributed by atoms with van der Waals surface area (Å²) in [5.41, 5.74) is 0. The Bertz CT molecular complexity index is 1450. The summed E-state index contributed by atoms with van der Waals surface area (Å²) in [4.78, 5) is 13.2. The highest BCUT2D eigenvalue weighted by Crippen LogP contribution is 2.24. The van der Waals surface area contributed by atoms with Crippen LogP contribution in [0.5, 0.6) is 0 Å². The van der Waals surface area contributed by atoms with Crippen LogP contribution in [0.4, 0.5) is 0 Å². The SMILES string of the molecule is CCCCCCCCCCCCCCCCCCCCCCCCCCCCCCCC/C=C/C(O)C(COC1OC(CO)C(O)C(O)C1O)NC(=O)CCCCCCCCCCCCCCCCCCCCCCCCCCCCCCCCCCCCCC. The van der Waals surface area contributed by atoms with E-state index in [0.29, 0.717) is 6.42 Å². The van der Waals surface area contributed by atoms with Gasteiger partial charge in [-0.25, -0.2) is 0 Å². The van der Waals surface area contributed by atoms with Crippen molar-refractivity contribution >= 4 is 5.91 Å². The van der Waals surface area contributed by atoms with E-state index in [0.717, 1.165) is 38.5 Å². The lowest BCUT2D eigenvalue weighted by molar-refractivity contribution is -0.302. The third kappa shape index (κ3) is 59.9. The molecule has 7 unspecified atom stereocenters. The molecule has 0 bridgehead atoms. The number of hydrogen-bond donors (Lipinski definition) is 6. The van der Waals surface area contributed by atoms with E-state index in [1.807, 2.05) is 6.08 Å². The van der Waals surface area contributed by atoms with Gasteiger partial charge >= 0.3 is 0 Å². The van der Waals surface area contributed by atoms with Crippen molar-refractivity contribution in [3.8, 4) is 0 Å². The van der Waals surface area contributed by atoms with Gasteiger partial charge in [0.05, 0.1) is 25.4 Å². The Labute approximate surface area is 567 Å². The molecule has 7 atom stereocenters. The fourth-order valence-electron chi connectivity index (χ4n) is 13.9. The van der Waals surface area contributed by atoms with E-state index in [1.54, 1.807) is 6.08 Å². The lowest BCUT2D eigenvalue weighted by Gasteiger charge is -2.40. The van der Waals surface area contributed by atoms with Crippen LogP contribution in [0, 0.1) is 0 Å².